The summed E-state index contributed by atoms with van der Waals surface area (Å²) in [5, 5.41) is 11.8. The summed E-state index contributed by atoms with van der Waals surface area (Å²) in [6, 6.07) is 0. The molecule has 1 saturated carbocycles. The summed E-state index contributed by atoms with van der Waals surface area (Å²) in [6.45, 7) is 4.01. The number of nitrogens with one attached hydrogen (secondary N) is 1. The fourth-order valence-electron chi connectivity index (χ4n) is 3.70. The van der Waals surface area contributed by atoms with E-state index in [0.717, 1.165) is 39.1 Å². The zero-order valence-corrected chi connectivity index (χ0v) is 14.1. The number of aliphatic carboxylic acids is 1. The molecule has 0 bridgehead atoms. The van der Waals surface area contributed by atoms with Crippen molar-refractivity contribution in [1.29, 1.82) is 0 Å². The molecule has 132 valence electrons. The molecule has 1 aliphatic heterocycles. The molecule has 0 radical (unpaired) electrons. The van der Waals surface area contributed by atoms with Gasteiger partial charge in [0.05, 0.1) is 26.3 Å². The van der Waals surface area contributed by atoms with Crippen molar-refractivity contribution in [3.05, 3.63) is 0 Å². The molecule has 1 saturated heterocycles. The summed E-state index contributed by atoms with van der Waals surface area (Å²) in [5.41, 5.74) is 0.0447. The lowest BCUT2D eigenvalue weighted by Crippen LogP contribution is -2.60. The van der Waals surface area contributed by atoms with Crippen molar-refractivity contribution in [2.45, 2.75) is 37.6 Å². The van der Waals surface area contributed by atoms with Gasteiger partial charge in [0.1, 0.15) is 0 Å². The van der Waals surface area contributed by atoms with Crippen molar-refractivity contribution < 1.29 is 19.4 Å². The summed E-state index contributed by atoms with van der Waals surface area (Å²) >= 11 is 0. The molecule has 2 fully saturated rings. The van der Waals surface area contributed by atoms with E-state index in [1.807, 2.05) is 0 Å². The number of ether oxygens (including phenoxy) is 1. The van der Waals surface area contributed by atoms with E-state index in [-0.39, 0.29) is 24.5 Å². The molecule has 7 nitrogen and oxygen atoms in total. The lowest BCUT2D eigenvalue weighted by molar-refractivity contribution is -0.138. The molecule has 0 unspecified atom stereocenters. The number of nitrogens with zero attached hydrogens (tertiary/aromatic N) is 2. The third-order valence-electron chi connectivity index (χ3n) is 4.90. The third kappa shape index (κ3) is 5.44. The van der Waals surface area contributed by atoms with Crippen LogP contribution >= 0.6 is 0 Å². The molecule has 0 aromatic heterocycles. The van der Waals surface area contributed by atoms with Gasteiger partial charge < -0.3 is 15.2 Å². The number of carboxylic acids is 1. The minimum absolute atomic E-state index is 0.0447. The summed E-state index contributed by atoms with van der Waals surface area (Å²) in [4.78, 5) is 26.8. The second kappa shape index (κ2) is 8.61. The van der Waals surface area contributed by atoms with Gasteiger partial charge in [-0.1, -0.05) is 19.3 Å². The number of morpholine rings is 1. The molecule has 0 aromatic carbocycles. The second-order valence-electron chi connectivity index (χ2n) is 6.73. The first-order valence-electron chi connectivity index (χ1n) is 8.52. The summed E-state index contributed by atoms with van der Waals surface area (Å²) in [6.07, 6.45) is 5.89. The maximum atomic E-state index is 12.1. The standard InChI is InChI=1S/C16H29N3O4/c1-18(12-15(21)22)11-14(20)17-13-16(5-3-2-4-6-16)19-7-9-23-10-8-19/h2-13H2,1H3,(H,17,20)(H,21,22). The number of carboxylic acid groups (broad SMARTS) is 1. The van der Waals surface area contributed by atoms with Crippen LogP contribution in [0, 0.1) is 0 Å². The maximum Gasteiger partial charge on any atom is 0.317 e. The average Bonchev–Trinajstić information content (AvgIpc) is 2.54. The van der Waals surface area contributed by atoms with Crippen LogP contribution in [0.25, 0.3) is 0 Å². The van der Waals surface area contributed by atoms with Crippen LogP contribution in [-0.4, -0.2) is 85.3 Å². The van der Waals surface area contributed by atoms with Crippen molar-refractivity contribution in [2.24, 2.45) is 0 Å². The molecular formula is C16H29N3O4. The smallest absolute Gasteiger partial charge is 0.317 e. The van der Waals surface area contributed by atoms with Gasteiger partial charge in [-0.25, -0.2) is 0 Å². The lowest BCUT2D eigenvalue weighted by Gasteiger charge is -2.48. The van der Waals surface area contributed by atoms with Gasteiger partial charge in [0.25, 0.3) is 0 Å². The Morgan fingerprint density at radius 2 is 1.83 bits per heavy atom. The van der Waals surface area contributed by atoms with E-state index in [9.17, 15) is 9.59 Å². The minimum Gasteiger partial charge on any atom is -0.480 e. The minimum atomic E-state index is -0.919. The van der Waals surface area contributed by atoms with E-state index in [4.69, 9.17) is 9.84 Å². The number of amides is 1. The van der Waals surface area contributed by atoms with Crippen LogP contribution in [-0.2, 0) is 14.3 Å². The fraction of sp³-hybridized carbons (Fsp3) is 0.875. The normalized spacial score (nSPS) is 22.0. The first-order valence-corrected chi connectivity index (χ1v) is 8.52. The van der Waals surface area contributed by atoms with E-state index < -0.39 is 5.97 Å². The van der Waals surface area contributed by atoms with Gasteiger partial charge in [0.2, 0.25) is 5.91 Å². The Morgan fingerprint density at radius 3 is 2.43 bits per heavy atom. The highest BCUT2D eigenvalue weighted by Gasteiger charge is 2.38. The Morgan fingerprint density at radius 1 is 1.17 bits per heavy atom. The van der Waals surface area contributed by atoms with Crippen LogP contribution in [0.1, 0.15) is 32.1 Å². The highest BCUT2D eigenvalue weighted by Crippen LogP contribution is 2.33. The summed E-state index contributed by atoms with van der Waals surface area (Å²) < 4.78 is 5.46. The molecular weight excluding hydrogens is 298 g/mol. The van der Waals surface area contributed by atoms with Gasteiger partial charge in [-0.15, -0.1) is 0 Å². The number of carbonyl (C=O) groups is 2. The number of hydrogen-bond acceptors (Lipinski definition) is 5. The second-order valence-corrected chi connectivity index (χ2v) is 6.73. The Kier molecular flexibility index (Phi) is 6.80. The van der Waals surface area contributed by atoms with Gasteiger partial charge in [-0.05, 0) is 19.9 Å². The van der Waals surface area contributed by atoms with Gasteiger partial charge in [-0.3, -0.25) is 19.4 Å². The predicted octanol–water partition coefficient (Wildman–Crippen LogP) is 0.154. The van der Waals surface area contributed by atoms with Crippen molar-refractivity contribution in [2.75, 3.05) is 53.0 Å². The molecule has 0 spiro atoms. The highest BCUT2D eigenvalue weighted by atomic mass is 16.5. The van der Waals surface area contributed by atoms with Crippen LogP contribution in [0.2, 0.25) is 0 Å². The Labute approximate surface area is 138 Å². The fourth-order valence-corrected chi connectivity index (χ4v) is 3.70. The van der Waals surface area contributed by atoms with Crippen LogP contribution in [0.3, 0.4) is 0 Å². The van der Waals surface area contributed by atoms with E-state index in [2.05, 4.69) is 10.2 Å². The van der Waals surface area contributed by atoms with E-state index in [0.29, 0.717) is 6.54 Å². The SMILES string of the molecule is CN(CC(=O)O)CC(=O)NCC1(N2CCOCC2)CCCCC1. The first kappa shape index (κ1) is 18.2. The Bertz CT molecular complexity index is 404. The molecule has 1 heterocycles. The number of likely N-dealkylation sites (N-methyl/N-ethyl adjacent to an activating group) is 1. The van der Waals surface area contributed by atoms with E-state index >= 15 is 0 Å². The Balaban J connectivity index is 1.87. The molecule has 1 amide bonds. The van der Waals surface area contributed by atoms with Gasteiger partial charge in [0, 0.05) is 25.2 Å². The maximum absolute atomic E-state index is 12.1. The quantitative estimate of drug-likeness (QED) is 0.693. The zero-order valence-electron chi connectivity index (χ0n) is 14.1. The van der Waals surface area contributed by atoms with Crippen LogP contribution < -0.4 is 5.32 Å². The number of hydrogen-bond donors (Lipinski definition) is 2. The monoisotopic (exact) mass is 327 g/mol. The largest absolute Gasteiger partial charge is 0.480 e. The third-order valence-corrected chi connectivity index (χ3v) is 4.90. The molecule has 7 heteroatoms. The molecule has 2 aliphatic rings. The summed E-state index contributed by atoms with van der Waals surface area (Å²) in [5.74, 6) is -1.02. The van der Waals surface area contributed by atoms with Crippen LogP contribution in [0.15, 0.2) is 0 Å². The van der Waals surface area contributed by atoms with Gasteiger partial charge in [-0.2, -0.15) is 0 Å². The summed E-state index contributed by atoms with van der Waals surface area (Å²) in [7, 11) is 1.64. The van der Waals surface area contributed by atoms with E-state index in [1.54, 1.807) is 7.05 Å². The van der Waals surface area contributed by atoms with Crippen LogP contribution in [0.4, 0.5) is 0 Å². The number of carbonyl (C=O) groups excluding carboxylic acids is 1. The Hall–Kier alpha value is -1.18. The number of rotatable bonds is 7. The first-order chi connectivity index (χ1) is 11.0. The predicted molar refractivity (Wildman–Crippen MR) is 86.4 cm³/mol. The molecule has 2 N–H and O–H groups in total. The van der Waals surface area contributed by atoms with Crippen molar-refractivity contribution in [3.8, 4) is 0 Å². The van der Waals surface area contributed by atoms with Crippen LogP contribution in [0.5, 0.6) is 0 Å². The topological polar surface area (TPSA) is 82.1 Å². The van der Waals surface area contributed by atoms with Crippen molar-refractivity contribution >= 4 is 11.9 Å². The van der Waals surface area contributed by atoms with Gasteiger partial charge >= 0.3 is 5.97 Å². The average molecular weight is 327 g/mol. The highest BCUT2D eigenvalue weighted by molar-refractivity contribution is 5.79. The molecule has 2 rings (SSSR count). The van der Waals surface area contributed by atoms with E-state index in [1.165, 1.54) is 24.2 Å². The lowest BCUT2D eigenvalue weighted by atomic mass is 9.79. The van der Waals surface area contributed by atoms with Gasteiger partial charge in [0.15, 0.2) is 0 Å². The molecule has 0 aromatic rings. The molecule has 23 heavy (non-hydrogen) atoms. The molecule has 1 aliphatic carbocycles. The molecule has 0 atom stereocenters. The van der Waals surface area contributed by atoms with Crippen molar-refractivity contribution in [1.82, 2.24) is 15.1 Å². The zero-order chi connectivity index (χ0) is 16.7. The van der Waals surface area contributed by atoms with Crippen molar-refractivity contribution in [3.63, 3.8) is 0 Å².